The molecule has 5 atom stereocenters. The summed E-state index contributed by atoms with van der Waals surface area (Å²) in [6, 6.07) is 0. The smallest absolute Gasteiger partial charge is 0.462 e. The van der Waals surface area contributed by atoms with Crippen molar-refractivity contribution < 1.29 is 80.2 Å². The molecule has 0 aliphatic carbocycles. The summed E-state index contributed by atoms with van der Waals surface area (Å²) >= 11 is 0. The van der Waals surface area contributed by atoms with Crippen LogP contribution in [0.2, 0.25) is 0 Å². The molecule has 3 N–H and O–H groups in total. The summed E-state index contributed by atoms with van der Waals surface area (Å²) < 4.78 is 68.2. The van der Waals surface area contributed by atoms with E-state index in [2.05, 4.69) is 41.5 Å². The number of aliphatic hydroxyl groups excluding tert-OH is 1. The topological polar surface area (TPSA) is 237 Å². The fourth-order valence-electron chi connectivity index (χ4n) is 11.3. The van der Waals surface area contributed by atoms with Crippen LogP contribution < -0.4 is 0 Å². The maximum atomic E-state index is 13.1. The number of hydrogen-bond donors (Lipinski definition) is 3. The van der Waals surface area contributed by atoms with Crippen LogP contribution in [0, 0.1) is 11.8 Å². The molecule has 0 saturated heterocycles. The minimum atomic E-state index is -4.95. The second-order valence-corrected chi connectivity index (χ2v) is 30.5. The molecule has 0 radical (unpaired) electrons. The van der Waals surface area contributed by atoms with Crippen LogP contribution in [0.25, 0.3) is 0 Å². The fraction of sp³-hybridized carbons (Fsp3) is 0.946. The SMILES string of the molecule is CCCCCCCCCCCCCCCCCCCCC(=O)O[C@H](COC(=O)CCCCCCCCCCCCCCCC(C)C)COP(=O)(O)OC[C@@H](O)COP(=O)(O)OC[C@@H](COC(=O)CCCCCCC)OC(=O)CCCCCCCCCCCCCC(C)C. The van der Waals surface area contributed by atoms with Crippen molar-refractivity contribution in [1.29, 1.82) is 0 Å². The van der Waals surface area contributed by atoms with E-state index in [9.17, 15) is 43.2 Å². The van der Waals surface area contributed by atoms with Gasteiger partial charge in [0.25, 0.3) is 0 Å². The minimum absolute atomic E-state index is 0.106. The van der Waals surface area contributed by atoms with Gasteiger partial charge in [0.1, 0.15) is 19.3 Å². The number of hydrogen-bond acceptors (Lipinski definition) is 15. The number of ether oxygens (including phenoxy) is 4. The maximum absolute atomic E-state index is 13.1. The number of carbonyl (C=O) groups is 4. The van der Waals surface area contributed by atoms with Gasteiger partial charge in [-0.2, -0.15) is 0 Å². The van der Waals surface area contributed by atoms with E-state index in [0.717, 1.165) is 108 Å². The molecule has 0 bridgehead atoms. The third-order valence-corrected chi connectivity index (χ3v) is 19.1. The molecule has 0 aromatic heterocycles. The number of unbranched alkanes of at least 4 members (excludes halogenated alkanes) is 43. The highest BCUT2D eigenvalue weighted by Gasteiger charge is 2.30. The van der Waals surface area contributed by atoms with Crippen molar-refractivity contribution in [2.75, 3.05) is 39.6 Å². The fourth-order valence-corrected chi connectivity index (χ4v) is 12.9. The average Bonchev–Trinajstić information content (AvgIpc) is 3.12. The first-order valence-electron chi connectivity index (χ1n) is 38.5. The predicted molar refractivity (Wildman–Crippen MR) is 377 cm³/mol. The molecule has 93 heavy (non-hydrogen) atoms. The Morgan fingerprint density at radius 2 is 0.495 bits per heavy atom. The third-order valence-electron chi connectivity index (χ3n) is 17.2. The van der Waals surface area contributed by atoms with Gasteiger partial charge in [-0.1, -0.05) is 330 Å². The minimum Gasteiger partial charge on any atom is -0.462 e. The van der Waals surface area contributed by atoms with Crippen molar-refractivity contribution in [2.24, 2.45) is 11.8 Å². The van der Waals surface area contributed by atoms with E-state index in [4.69, 9.17) is 37.0 Å². The second kappa shape index (κ2) is 66.0. The molecule has 0 rings (SSSR count). The highest BCUT2D eigenvalue weighted by atomic mass is 31.2. The van der Waals surface area contributed by atoms with E-state index in [0.29, 0.717) is 25.7 Å². The Labute approximate surface area is 568 Å². The van der Waals surface area contributed by atoms with Crippen LogP contribution in [0.1, 0.15) is 382 Å². The molecule has 552 valence electrons. The lowest BCUT2D eigenvalue weighted by Gasteiger charge is -2.21. The van der Waals surface area contributed by atoms with Crippen molar-refractivity contribution in [2.45, 2.75) is 400 Å². The summed E-state index contributed by atoms with van der Waals surface area (Å²) in [5, 5.41) is 10.6. The van der Waals surface area contributed by atoms with E-state index in [1.807, 2.05) is 0 Å². The first-order valence-corrected chi connectivity index (χ1v) is 41.5. The van der Waals surface area contributed by atoms with Gasteiger partial charge in [-0.3, -0.25) is 37.3 Å². The molecule has 0 heterocycles. The Kier molecular flexibility index (Phi) is 64.6. The lowest BCUT2D eigenvalue weighted by Crippen LogP contribution is -2.30. The van der Waals surface area contributed by atoms with Crippen LogP contribution in [0.4, 0.5) is 0 Å². The van der Waals surface area contributed by atoms with Gasteiger partial charge in [0.05, 0.1) is 26.4 Å². The molecule has 0 aliphatic rings. The van der Waals surface area contributed by atoms with Crippen LogP contribution in [-0.2, 0) is 65.4 Å². The molecule has 0 saturated carbocycles. The lowest BCUT2D eigenvalue weighted by atomic mass is 10.0. The second-order valence-electron chi connectivity index (χ2n) is 27.6. The molecular weight excluding hydrogens is 1220 g/mol. The number of phosphoric ester groups is 2. The zero-order chi connectivity index (χ0) is 68.6. The molecule has 17 nitrogen and oxygen atoms in total. The Hall–Kier alpha value is -1.94. The summed E-state index contributed by atoms with van der Waals surface area (Å²) in [4.78, 5) is 72.5. The number of esters is 4. The van der Waals surface area contributed by atoms with Gasteiger partial charge in [-0.05, 0) is 37.5 Å². The average molecular weight is 1370 g/mol. The van der Waals surface area contributed by atoms with Crippen molar-refractivity contribution in [3.05, 3.63) is 0 Å². The molecule has 2 unspecified atom stereocenters. The molecule has 0 spiro atoms. The lowest BCUT2D eigenvalue weighted by molar-refractivity contribution is -0.161. The van der Waals surface area contributed by atoms with Crippen LogP contribution in [0.3, 0.4) is 0 Å². The van der Waals surface area contributed by atoms with E-state index < -0.39 is 97.5 Å². The van der Waals surface area contributed by atoms with Crippen LogP contribution in [0.15, 0.2) is 0 Å². The zero-order valence-corrected chi connectivity index (χ0v) is 62.3. The monoisotopic (exact) mass is 1370 g/mol. The summed E-state index contributed by atoms with van der Waals surface area (Å²) in [6.45, 7) is 9.51. The van der Waals surface area contributed by atoms with Crippen LogP contribution in [0.5, 0.6) is 0 Å². The van der Waals surface area contributed by atoms with E-state index in [1.165, 1.54) is 193 Å². The van der Waals surface area contributed by atoms with Crippen LogP contribution >= 0.6 is 15.6 Å². The van der Waals surface area contributed by atoms with Gasteiger partial charge < -0.3 is 33.8 Å². The molecule has 0 amide bonds. The zero-order valence-electron chi connectivity index (χ0n) is 60.6. The standard InChI is InChI=1S/C74H144O17P2/c1-7-9-11-13-14-15-16-17-18-19-20-21-24-30-35-40-46-52-58-74(79)91-70(63-85-72(77)57-51-45-39-34-29-25-22-23-27-32-37-43-48-54-66(3)4)65-89-93(82,83)87-61-68(75)60-86-92(80,81)88-64-69(62-84-71(76)56-50-42-12-10-8-2)90-73(78)59-53-47-41-36-31-26-28-33-38-44-49-55-67(5)6/h66-70,75H,7-65H2,1-6H3,(H,80,81)(H,82,83)/t68-,69+,70+/m0/s1. The van der Waals surface area contributed by atoms with E-state index in [-0.39, 0.29) is 25.7 Å². The first kappa shape index (κ1) is 91.1. The number of carbonyl (C=O) groups excluding carboxylic acids is 4. The van der Waals surface area contributed by atoms with Crippen LogP contribution in [-0.4, -0.2) is 96.7 Å². The summed E-state index contributed by atoms with van der Waals surface area (Å²) in [6.07, 6.45) is 53.1. The van der Waals surface area contributed by atoms with Gasteiger partial charge in [-0.25, -0.2) is 9.13 Å². The molecule has 0 fully saturated rings. The predicted octanol–water partition coefficient (Wildman–Crippen LogP) is 21.6. The van der Waals surface area contributed by atoms with Crippen molar-refractivity contribution in [1.82, 2.24) is 0 Å². The molecule has 0 aromatic rings. The maximum Gasteiger partial charge on any atom is 0.472 e. The first-order chi connectivity index (χ1) is 44.9. The number of rotatable bonds is 73. The number of aliphatic hydroxyl groups is 1. The van der Waals surface area contributed by atoms with Gasteiger partial charge in [0, 0.05) is 25.7 Å². The molecule has 0 aliphatic heterocycles. The molecule has 0 aromatic carbocycles. The Balaban J connectivity index is 5.15. The quantitative estimate of drug-likeness (QED) is 0.0222. The number of phosphoric acid groups is 2. The highest BCUT2D eigenvalue weighted by molar-refractivity contribution is 7.47. The molecular formula is C74H144O17P2. The summed E-state index contributed by atoms with van der Waals surface area (Å²) in [7, 11) is -9.90. The molecule has 19 heteroatoms. The van der Waals surface area contributed by atoms with Crippen molar-refractivity contribution in [3.8, 4) is 0 Å². The van der Waals surface area contributed by atoms with E-state index >= 15 is 0 Å². The summed E-state index contributed by atoms with van der Waals surface area (Å²) in [5.41, 5.74) is 0. The summed E-state index contributed by atoms with van der Waals surface area (Å²) in [5.74, 6) is -0.572. The van der Waals surface area contributed by atoms with E-state index in [1.54, 1.807) is 0 Å². The van der Waals surface area contributed by atoms with Gasteiger partial charge in [-0.15, -0.1) is 0 Å². The van der Waals surface area contributed by atoms with Gasteiger partial charge in [0.15, 0.2) is 12.2 Å². The largest absolute Gasteiger partial charge is 0.472 e. The van der Waals surface area contributed by atoms with Gasteiger partial charge in [0.2, 0.25) is 0 Å². The van der Waals surface area contributed by atoms with Gasteiger partial charge >= 0.3 is 39.5 Å². The van der Waals surface area contributed by atoms with Crippen molar-refractivity contribution in [3.63, 3.8) is 0 Å². The Morgan fingerprint density at radius 3 is 0.731 bits per heavy atom. The Bertz CT molecular complexity index is 1800. The third kappa shape index (κ3) is 68.4. The normalized spacial score (nSPS) is 14.1. The highest BCUT2D eigenvalue weighted by Crippen LogP contribution is 2.45. The Morgan fingerprint density at radius 1 is 0.290 bits per heavy atom. The van der Waals surface area contributed by atoms with Crippen molar-refractivity contribution >= 4 is 39.5 Å².